The van der Waals surface area contributed by atoms with Crippen LogP contribution in [-0.4, -0.2) is 105 Å². The van der Waals surface area contributed by atoms with E-state index in [0.29, 0.717) is 70.9 Å². The van der Waals surface area contributed by atoms with Crippen molar-refractivity contribution in [3.05, 3.63) is 48.0 Å². The van der Waals surface area contributed by atoms with Gasteiger partial charge in [-0.05, 0) is 131 Å². The van der Waals surface area contributed by atoms with Crippen molar-refractivity contribution in [2.45, 2.75) is 199 Å². The zero-order valence-corrected chi connectivity index (χ0v) is 39.0. The largest absolute Gasteiger partial charge is 0.461 e. The molecule has 4 atom stereocenters. The van der Waals surface area contributed by atoms with Crippen LogP contribution in [0.3, 0.4) is 0 Å². The molecular formula is C48H77N5O9. The zero-order valence-electron chi connectivity index (χ0n) is 39.0. The third kappa shape index (κ3) is 16.2. The van der Waals surface area contributed by atoms with Crippen molar-refractivity contribution < 1.29 is 43.4 Å². The first kappa shape index (κ1) is 50.5. The summed E-state index contributed by atoms with van der Waals surface area (Å²) in [7, 11) is 0. The van der Waals surface area contributed by atoms with Gasteiger partial charge in [0.25, 0.3) is 0 Å². The molecule has 0 spiro atoms. The maximum Gasteiger partial charge on any atom is 0.408 e. The fourth-order valence-electron chi connectivity index (χ4n) is 9.11. The van der Waals surface area contributed by atoms with Crippen LogP contribution >= 0.6 is 0 Å². The minimum absolute atomic E-state index is 0.195. The average molecular weight is 868 g/mol. The minimum atomic E-state index is -0.919. The summed E-state index contributed by atoms with van der Waals surface area (Å²) in [5.41, 5.74) is -0.811. The number of piperidine rings is 1. The fraction of sp³-hybridized carbons (Fsp3) is 0.729. The first-order valence-electron chi connectivity index (χ1n) is 23.1. The molecule has 2 saturated heterocycles. The minimum Gasteiger partial charge on any atom is -0.461 e. The number of nitrogens with one attached hydrogen (secondary N) is 3. The van der Waals surface area contributed by atoms with E-state index in [-0.39, 0.29) is 30.1 Å². The summed E-state index contributed by atoms with van der Waals surface area (Å²) in [4.78, 5) is 69.6. The van der Waals surface area contributed by atoms with Crippen molar-refractivity contribution in [3.8, 4) is 0 Å². The number of hydrogen-bond donors (Lipinski definition) is 4. The summed E-state index contributed by atoms with van der Waals surface area (Å²) in [5, 5.41) is 20.7. The van der Waals surface area contributed by atoms with Gasteiger partial charge in [0, 0.05) is 37.0 Å². The lowest BCUT2D eigenvalue weighted by Crippen LogP contribution is -2.60. The Morgan fingerprint density at radius 2 is 1.50 bits per heavy atom. The molecule has 0 bridgehead atoms. The van der Waals surface area contributed by atoms with Crippen LogP contribution in [0.2, 0.25) is 0 Å². The molecule has 62 heavy (non-hydrogen) atoms. The summed E-state index contributed by atoms with van der Waals surface area (Å²) in [6.07, 6.45) is 11.2. The van der Waals surface area contributed by atoms with E-state index in [2.05, 4.69) is 29.8 Å². The second-order valence-corrected chi connectivity index (χ2v) is 20.3. The van der Waals surface area contributed by atoms with Crippen LogP contribution in [0.5, 0.6) is 0 Å². The van der Waals surface area contributed by atoms with Gasteiger partial charge in [-0.2, -0.15) is 5.06 Å². The summed E-state index contributed by atoms with van der Waals surface area (Å²) in [6, 6.07) is 7.65. The Balaban J connectivity index is 1.42. The number of unbranched alkanes of at least 4 members (excludes halogenated alkanes) is 1. The van der Waals surface area contributed by atoms with E-state index in [1.165, 1.54) is 5.06 Å². The molecule has 14 heteroatoms. The predicted octanol–water partition coefficient (Wildman–Crippen LogP) is 8.00. The highest BCUT2D eigenvalue weighted by Gasteiger charge is 2.46. The Morgan fingerprint density at radius 3 is 2.13 bits per heavy atom. The lowest BCUT2D eigenvalue weighted by Gasteiger charge is -2.50. The molecule has 1 aromatic carbocycles. The SMILES string of the molecule is CC(C)CC(/C=C/C(Cc1ccccc1)C(=O)N1CCC[C@@H]1C(=O)NC(CCCCNC(=O)OC1CC(C)(C)N(O)C(C)(C)C1)C(=O)OC1CCCCC1)NC(=O)OC(C)(C)C. The van der Waals surface area contributed by atoms with Gasteiger partial charge in [-0.15, -0.1) is 0 Å². The number of rotatable bonds is 18. The smallest absolute Gasteiger partial charge is 0.408 e. The van der Waals surface area contributed by atoms with Crippen LogP contribution in [0.25, 0.3) is 0 Å². The predicted molar refractivity (Wildman–Crippen MR) is 238 cm³/mol. The Kier molecular flexibility index (Phi) is 18.7. The summed E-state index contributed by atoms with van der Waals surface area (Å²) in [6.45, 7) is 17.9. The van der Waals surface area contributed by atoms with E-state index >= 15 is 0 Å². The lowest BCUT2D eigenvalue weighted by molar-refractivity contribution is -0.256. The van der Waals surface area contributed by atoms with Crippen LogP contribution < -0.4 is 16.0 Å². The van der Waals surface area contributed by atoms with Crippen molar-refractivity contribution in [3.63, 3.8) is 0 Å². The van der Waals surface area contributed by atoms with E-state index in [1.54, 1.807) is 4.90 Å². The fourth-order valence-corrected chi connectivity index (χ4v) is 9.11. The summed E-state index contributed by atoms with van der Waals surface area (Å²) >= 11 is 0. The maximum atomic E-state index is 14.5. The molecular weight excluding hydrogens is 791 g/mol. The topological polar surface area (TPSA) is 176 Å². The molecule has 0 radical (unpaired) electrons. The van der Waals surface area contributed by atoms with Gasteiger partial charge in [0.15, 0.2) is 0 Å². The molecule has 4 rings (SSSR count). The van der Waals surface area contributed by atoms with Gasteiger partial charge in [-0.3, -0.25) is 9.59 Å². The molecule has 3 fully saturated rings. The van der Waals surface area contributed by atoms with Crippen LogP contribution in [0.4, 0.5) is 9.59 Å². The Labute approximate surface area is 370 Å². The van der Waals surface area contributed by atoms with Gasteiger partial charge in [0.1, 0.15) is 29.9 Å². The second kappa shape index (κ2) is 23.0. The number of hydroxylamine groups is 2. The monoisotopic (exact) mass is 868 g/mol. The first-order valence-corrected chi connectivity index (χ1v) is 23.1. The van der Waals surface area contributed by atoms with Crippen LogP contribution in [0, 0.1) is 11.8 Å². The highest BCUT2D eigenvalue weighted by atomic mass is 16.6. The number of alkyl carbamates (subject to hydrolysis) is 2. The van der Waals surface area contributed by atoms with Gasteiger partial charge >= 0.3 is 18.2 Å². The molecule has 3 unspecified atom stereocenters. The van der Waals surface area contributed by atoms with Gasteiger partial charge in [0.2, 0.25) is 11.8 Å². The summed E-state index contributed by atoms with van der Waals surface area (Å²) < 4.78 is 17.2. The number of likely N-dealkylation sites (tertiary alicyclic amines) is 1. The molecule has 1 saturated carbocycles. The number of benzene rings is 1. The number of carbonyl (C=O) groups is 5. The van der Waals surface area contributed by atoms with Crippen molar-refractivity contribution in [1.29, 1.82) is 0 Å². The first-order chi connectivity index (χ1) is 29.1. The summed E-state index contributed by atoms with van der Waals surface area (Å²) in [5.74, 6) is -1.44. The highest BCUT2D eigenvalue weighted by Crippen LogP contribution is 2.38. The van der Waals surface area contributed by atoms with Gasteiger partial charge in [-0.1, -0.05) is 62.8 Å². The van der Waals surface area contributed by atoms with E-state index in [0.717, 1.165) is 37.7 Å². The molecule has 2 heterocycles. The normalized spacial score (nSPS) is 21.2. The Hall–Kier alpha value is -4.17. The molecule has 0 aromatic heterocycles. The molecule has 4 amide bonds. The van der Waals surface area contributed by atoms with Crippen molar-refractivity contribution >= 4 is 30.0 Å². The van der Waals surface area contributed by atoms with E-state index in [4.69, 9.17) is 14.2 Å². The third-order valence-electron chi connectivity index (χ3n) is 12.0. The average Bonchev–Trinajstić information content (AvgIpc) is 3.67. The van der Waals surface area contributed by atoms with E-state index in [9.17, 15) is 29.2 Å². The number of amides is 4. The molecule has 3 aliphatic rings. The number of nitrogens with zero attached hydrogens (tertiary/aromatic N) is 2. The van der Waals surface area contributed by atoms with Gasteiger partial charge in [0.05, 0.1) is 12.0 Å². The Bertz CT molecular complexity index is 1640. The van der Waals surface area contributed by atoms with Crippen molar-refractivity contribution in [1.82, 2.24) is 25.9 Å². The van der Waals surface area contributed by atoms with Crippen LogP contribution in [0.1, 0.15) is 151 Å². The van der Waals surface area contributed by atoms with Crippen LogP contribution in [0.15, 0.2) is 42.5 Å². The standard InChI is InChI=1S/C48H77N5O9/c1-33(2)29-36(50-45(58)62-46(3,4)5)26-25-35(30-34-19-12-10-13-20-34)42(55)52-28-18-24-40(52)41(54)51-39(43(56)60-37-21-14-11-15-22-37)23-16-17-27-49-44(57)61-38-31-47(6,7)53(59)48(8,9)32-38/h10,12-13,19-20,25-26,33,35-40,59H,11,14-18,21-24,27-32H2,1-9H3,(H,49,57)(H,50,58)(H,51,54)/b26-25+/t35?,36?,39?,40-/m1/s1. The zero-order chi connectivity index (χ0) is 45.7. The lowest BCUT2D eigenvalue weighted by atomic mass is 9.80. The second-order valence-electron chi connectivity index (χ2n) is 20.3. The maximum absolute atomic E-state index is 14.5. The number of ether oxygens (including phenoxy) is 3. The molecule has 14 nitrogen and oxygen atoms in total. The highest BCUT2D eigenvalue weighted by molar-refractivity contribution is 5.92. The Morgan fingerprint density at radius 1 is 0.839 bits per heavy atom. The van der Waals surface area contributed by atoms with Gasteiger partial charge < -0.3 is 40.3 Å². The number of hydrogen-bond acceptors (Lipinski definition) is 10. The molecule has 2 aliphatic heterocycles. The number of carbonyl (C=O) groups excluding carboxylic acids is 5. The third-order valence-corrected chi connectivity index (χ3v) is 12.0. The molecule has 4 N–H and O–H groups in total. The van der Waals surface area contributed by atoms with E-state index < -0.39 is 58.7 Å². The van der Waals surface area contributed by atoms with Gasteiger partial charge in [-0.25, -0.2) is 14.4 Å². The van der Waals surface area contributed by atoms with Crippen molar-refractivity contribution in [2.24, 2.45) is 11.8 Å². The van der Waals surface area contributed by atoms with Crippen LogP contribution in [-0.2, 0) is 35.0 Å². The molecule has 1 aromatic rings. The molecule has 1 aliphatic carbocycles. The van der Waals surface area contributed by atoms with E-state index in [1.807, 2.05) is 91.0 Å². The number of esters is 1. The quantitative estimate of drug-likeness (QED) is 0.0490. The molecule has 348 valence electrons. The van der Waals surface area contributed by atoms with Crippen molar-refractivity contribution in [2.75, 3.05) is 13.1 Å².